The summed E-state index contributed by atoms with van der Waals surface area (Å²) in [6.07, 6.45) is 0. The topological polar surface area (TPSA) is 81.5 Å². The highest BCUT2D eigenvalue weighted by Gasteiger charge is 2.16. The van der Waals surface area contributed by atoms with Crippen molar-refractivity contribution in [3.05, 3.63) is 61.0 Å². The molecule has 22 heavy (non-hydrogen) atoms. The Morgan fingerprint density at radius 1 is 1.18 bits per heavy atom. The number of carbonyl (C=O) groups is 1. The molecule has 0 radical (unpaired) electrons. The van der Waals surface area contributed by atoms with Gasteiger partial charge in [-0.05, 0) is 56.1 Å². The van der Waals surface area contributed by atoms with Crippen molar-refractivity contribution in [1.82, 2.24) is 0 Å². The fourth-order valence-corrected chi connectivity index (χ4v) is 2.71. The standard InChI is InChI=1S/C14H10Br2N2O4/c1-22-13-5-2-8(6-12(13)16)17-14(19)10-7-9(18(20)21)3-4-11(10)15/h2-7H,1H3,(H,17,19). The Bertz CT molecular complexity index is 750. The normalized spacial score (nSPS) is 10.1. The van der Waals surface area contributed by atoms with Crippen molar-refractivity contribution in [2.45, 2.75) is 0 Å². The van der Waals surface area contributed by atoms with Crippen LogP contribution in [0.1, 0.15) is 10.4 Å². The van der Waals surface area contributed by atoms with E-state index < -0.39 is 10.8 Å². The van der Waals surface area contributed by atoms with E-state index in [1.54, 1.807) is 25.3 Å². The molecule has 2 aromatic carbocycles. The van der Waals surface area contributed by atoms with Crippen molar-refractivity contribution in [2.75, 3.05) is 12.4 Å². The zero-order valence-electron chi connectivity index (χ0n) is 11.3. The molecule has 0 unspecified atom stereocenters. The molecule has 0 atom stereocenters. The Morgan fingerprint density at radius 3 is 2.50 bits per heavy atom. The van der Waals surface area contributed by atoms with Crippen LogP contribution in [0.4, 0.5) is 11.4 Å². The number of methoxy groups -OCH3 is 1. The molecule has 2 rings (SSSR count). The maximum absolute atomic E-state index is 12.3. The molecule has 6 nitrogen and oxygen atoms in total. The van der Waals surface area contributed by atoms with E-state index in [0.717, 1.165) is 0 Å². The van der Waals surface area contributed by atoms with E-state index in [1.165, 1.54) is 18.2 Å². The Morgan fingerprint density at radius 2 is 1.91 bits per heavy atom. The molecule has 0 saturated heterocycles. The van der Waals surface area contributed by atoms with Crippen molar-refractivity contribution in [3.63, 3.8) is 0 Å². The number of carbonyl (C=O) groups excluding carboxylic acids is 1. The molecule has 8 heteroatoms. The lowest BCUT2D eigenvalue weighted by Crippen LogP contribution is -2.13. The number of nitro benzene ring substituents is 1. The van der Waals surface area contributed by atoms with Gasteiger partial charge in [-0.15, -0.1) is 0 Å². The van der Waals surface area contributed by atoms with Gasteiger partial charge in [0, 0.05) is 22.3 Å². The predicted molar refractivity (Wildman–Crippen MR) is 89.4 cm³/mol. The van der Waals surface area contributed by atoms with Gasteiger partial charge in [0.15, 0.2) is 0 Å². The van der Waals surface area contributed by atoms with Gasteiger partial charge >= 0.3 is 0 Å². The van der Waals surface area contributed by atoms with Crippen molar-refractivity contribution < 1.29 is 14.5 Å². The molecule has 1 amide bonds. The average Bonchev–Trinajstić information content (AvgIpc) is 2.47. The molecule has 0 heterocycles. The number of non-ortho nitro benzene ring substituents is 1. The highest BCUT2D eigenvalue weighted by Crippen LogP contribution is 2.29. The molecule has 0 aliphatic heterocycles. The molecular weight excluding hydrogens is 420 g/mol. The molecule has 0 aliphatic carbocycles. The third kappa shape index (κ3) is 3.63. The van der Waals surface area contributed by atoms with Crippen LogP contribution in [0.15, 0.2) is 45.3 Å². The summed E-state index contributed by atoms with van der Waals surface area (Å²) >= 11 is 6.54. The lowest BCUT2D eigenvalue weighted by Gasteiger charge is -2.09. The summed E-state index contributed by atoms with van der Waals surface area (Å²) in [5, 5.41) is 13.5. The van der Waals surface area contributed by atoms with Crippen molar-refractivity contribution in [2.24, 2.45) is 0 Å². The van der Waals surface area contributed by atoms with Crippen LogP contribution in [0, 0.1) is 10.1 Å². The Hall–Kier alpha value is -1.93. The largest absolute Gasteiger partial charge is 0.496 e. The van der Waals surface area contributed by atoms with Gasteiger partial charge in [0.05, 0.1) is 22.1 Å². The zero-order valence-corrected chi connectivity index (χ0v) is 14.5. The first-order valence-corrected chi connectivity index (χ1v) is 7.60. The van der Waals surface area contributed by atoms with Gasteiger partial charge in [0.25, 0.3) is 11.6 Å². The van der Waals surface area contributed by atoms with Crippen LogP contribution in [0.3, 0.4) is 0 Å². The zero-order chi connectivity index (χ0) is 16.3. The highest BCUT2D eigenvalue weighted by molar-refractivity contribution is 9.10. The van der Waals surface area contributed by atoms with Gasteiger partial charge in [-0.2, -0.15) is 0 Å². The van der Waals surface area contributed by atoms with E-state index in [2.05, 4.69) is 37.2 Å². The molecular formula is C14H10Br2N2O4. The molecule has 0 aromatic heterocycles. The summed E-state index contributed by atoms with van der Waals surface area (Å²) in [4.78, 5) is 22.5. The number of nitrogens with one attached hydrogen (secondary N) is 1. The number of nitrogens with zero attached hydrogens (tertiary/aromatic N) is 1. The van der Waals surface area contributed by atoms with E-state index in [1.807, 2.05) is 0 Å². The van der Waals surface area contributed by atoms with E-state index >= 15 is 0 Å². The quantitative estimate of drug-likeness (QED) is 0.577. The lowest BCUT2D eigenvalue weighted by molar-refractivity contribution is -0.384. The summed E-state index contributed by atoms with van der Waals surface area (Å²) in [6.45, 7) is 0. The molecule has 1 N–H and O–H groups in total. The number of rotatable bonds is 4. The monoisotopic (exact) mass is 428 g/mol. The van der Waals surface area contributed by atoms with Crippen LogP contribution in [0.5, 0.6) is 5.75 Å². The van der Waals surface area contributed by atoms with Gasteiger partial charge in [0.1, 0.15) is 5.75 Å². The van der Waals surface area contributed by atoms with Crippen molar-refractivity contribution >= 4 is 49.1 Å². The first kappa shape index (κ1) is 16.4. The highest BCUT2D eigenvalue weighted by atomic mass is 79.9. The Balaban J connectivity index is 2.27. The Kier molecular flexibility index (Phi) is 5.15. The van der Waals surface area contributed by atoms with Crippen molar-refractivity contribution in [3.8, 4) is 5.75 Å². The number of nitro groups is 1. The molecule has 0 aliphatic rings. The summed E-state index contributed by atoms with van der Waals surface area (Å²) in [5.74, 6) is 0.183. The van der Waals surface area contributed by atoms with Crippen LogP contribution in [-0.4, -0.2) is 17.9 Å². The minimum absolute atomic E-state index is 0.149. The number of hydrogen-bond acceptors (Lipinski definition) is 4. The second-order valence-electron chi connectivity index (χ2n) is 4.22. The molecule has 0 saturated carbocycles. The van der Waals surface area contributed by atoms with Crippen LogP contribution >= 0.6 is 31.9 Å². The van der Waals surface area contributed by atoms with E-state index in [9.17, 15) is 14.9 Å². The lowest BCUT2D eigenvalue weighted by atomic mass is 10.2. The summed E-state index contributed by atoms with van der Waals surface area (Å²) in [7, 11) is 1.54. The number of hydrogen-bond donors (Lipinski definition) is 1. The number of benzene rings is 2. The average molecular weight is 430 g/mol. The number of amides is 1. The van der Waals surface area contributed by atoms with Crippen LogP contribution < -0.4 is 10.1 Å². The van der Waals surface area contributed by atoms with Gasteiger partial charge in [0.2, 0.25) is 0 Å². The molecule has 114 valence electrons. The minimum Gasteiger partial charge on any atom is -0.496 e. The maximum atomic E-state index is 12.3. The number of ether oxygens (including phenoxy) is 1. The number of anilines is 1. The fraction of sp³-hybridized carbons (Fsp3) is 0.0714. The fourth-order valence-electron chi connectivity index (χ4n) is 1.74. The van der Waals surface area contributed by atoms with Crippen LogP contribution in [0.2, 0.25) is 0 Å². The molecule has 0 fully saturated rings. The third-order valence-corrected chi connectivity index (χ3v) is 4.13. The summed E-state index contributed by atoms with van der Waals surface area (Å²) in [5.41, 5.74) is 0.571. The second-order valence-corrected chi connectivity index (χ2v) is 5.93. The van der Waals surface area contributed by atoms with E-state index in [-0.39, 0.29) is 11.3 Å². The van der Waals surface area contributed by atoms with E-state index in [0.29, 0.717) is 20.4 Å². The predicted octanol–water partition coefficient (Wildman–Crippen LogP) is 4.38. The SMILES string of the molecule is COc1ccc(NC(=O)c2cc([N+](=O)[O-])ccc2Br)cc1Br. The van der Waals surface area contributed by atoms with Gasteiger partial charge in [-0.25, -0.2) is 0 Å². The summed E-state index contributed by atoms with van der Waals surface area (Å²) < 4.78 is 6.27. The number of halogens is 2. The molecule has 2 aromatic rings. The van der Waals surface area contributed by atoms with Gasteiger partial charge in [-0.3, -0.25) is 14.9 Å². The van der Waals surface area contributed by atoms with Crippen molar-refractivity contribution in [1.29, 1.82) is 0 Å². The van der Waals surface area contributed by atoms with Crippen LogP contribution in [-0.2, 0) is 0 Å². The van der Waals surface area contributed by atoms with Gasteiger partial charge < -0.3 is 10.1 Å². The first-order valence-electron chi connectivity index (χ1n) is 6.01. The molecule has 0 spiro atoms. The Labute approximate surface area is 142 Å². The smallest absolute Gasteiger partial charge is 0.270 e. The molecule has 0 bridgehead atoms. The third-order valence-electron chi connectivity index (χ3n) is 2.82. The van der Waals surface area contributed by atoms with Gasteiger partial charge in [-0.1, -0.05) is 0 Å². The second kappa shape index (κ2) is 6.89. The summed E-state index contributed by atoms with van der Waals surface area (Å²) in [6, 6.07) is 9.07. The maximum Gasteiger partial charge on any atom is 0.270 e. The van der Waals surface area contributed by atoms with E-state index in [4.69, 9.17) is 4.74 Å². The first-order chi connectivity index (χ1) is 10.4. The van der Waals surface area contributed by atoms with Crippen LogP contribution in [0.25, 0.3) is 0 Å². The minimum atomic E-state index is -0.548.